The molecule has 2 amide bonds. The number of benzene rings is 1. The second kappa shape index (κ2) is 9.69. The van der Waals surface area contributed by atoms with E-state index in [2.05, 4.69) is 20.2 Å². The maximum atomic E-state index is 13.2. The highest BCUT2D eigenvalue weighted by atomic mass is 35.5. The number of carbonyl (C=O) groups is 2. The fourth-order valence-corrected chi connectivity index (χ4v) is 3.41. The van der Waals surface area contributed by atoms with Gasteiger partial charge in [-0.25, -0.2) is 9.97 Å². The third-order valence-electron chi connectivity index (χ3n) is 5.30. The number of amides is 2. The first kappa shape index (κ1) is 21.0. The molecular weight excluding hydrogens is 390 g/mol. The van der Waals surface area contributed by atoms with Crippen LogP contribution < -0.4 is 10.2 Å². The molecule has 1 aromatic carbocycles. The molecule has 0 saturated carbocycles. The van der Waals surface area contributed by atoms with Crippen LogP contribution in [0.3, 0.4) is 0 Å². The lowest BCUT2D eigenvalue weighted by Gasteiger charge is -2.37. The van der Waals surface area contributed by atoms with Crippen LogP contribution >= 0.6 is 11.6 Å². The Balaban J connectivity index is 1.65. The van der Waals surface area contributed by atoms with Gasteiger partial charge in [0.2, 0.25) is 11.9 Å². The standard InChI is InChI=1S/C21H26ClN5O2/c1-3-15(2)18(25-19(28)16-5-7-17(22)8-6-16)20(29)26-11-13-27(14-12-26)21-23-9-4-10-24-21/h4-10,15,18H,3,11-14H2,1-2H3,(H,25,28)/t15-,18-/m1/s1. The van der Waals surface area contributed by atoms with Gasteiger partial charge in [0.05, 0.1) is 0 Å². The van der Waals surface area contributed by atoms with E-state index >= 15 is 0 Å². The zero-order chi connectivity index (χ0) is 20.8. The molecule has 1 fully saturated rings. The van der Waals surface area contributed by atoms with Gasteiger partial charge < -0.3 is 15.1 Å². The van der Waals surface area contributed by atoms with Crippen molar-refractivity contribution < 1.29 is 9.59 Å². The van der Waals surface area contributed by atoms with Crippen LogP contribution in [-0.2, 0) is 4.79 Å². The first-order valence-corrected chi connectivity index (χ1v) is 10.2. The highest BCUT2D eigenvalue weighted by Crippen LogP contribution is 2.16. The first-order valence-electron chi connectivity index (χ1n) is 9.86. The van der Waals surface area contributed by atoms with Crippen molar-refractivity contribution in [2.45, 2.75) is 26.3 Å². The lowest BCUT2D eigenvalue weighted by Crippen LogP contribution is -2.57. The van der Waals surface area contributed by atoms with Gasteiger partial charge in [0.25, 0.3) is 5.91 Å². The van der Waals surface area contributed by atoms with Crippen LogP contribution in [-0.4, -0.2) is 58.9 Å². The Labute approximate surface area is 176 Å². The van der Waals surface area contributed by atoms with E-state index in [1.807, 2.05) is 18.7 Å². The number of carbonyl (C=O) groups excluding carboxylic acids is 2. The van der Waals surface area contributed by atoms with Crippen LogP contribution in [0.2, 0.25) is 5.02 Å². The summed E-state index contributed by atoms with van der Waals surface area (Å²) in [5, 5.41) is 3.50. The molecule has 1 N–H and O–H groups in total. The Morgan fingerprint density at radius 3 is 2.31 bits per heavy atom. The van der Waals surface area contributed by atoms with Crippen LogP contribution in [0.1, 0.15) is 30.6 Å². The predicted octanol–water partition coefficient (Wildman–Crippen LogP) is 2.62. The number of hydrogen-bond donors (Lipinski definition) is 1. The number of piperazine rings is 1. The number of nitrogens with zero attached hydrogens (tertiary/aromatic N) is 4. The molecule has 1 saturated heterocycles. The van der Waals surface area contributed by atoms with E-state index in [1.165, 1.54) is 0 Å². The van der Waals surface area contributed by atoms with E-state index in [9.17, 15) is 9.59 Å². The number of nitrogens with one attached hydrogen (secondary N) is 1. The minimum absolute atomic E-state index is 0.0224. The smallest absolute Gasteiger partial charge is 0.251 e. The summed E-state index contributed by atoms with van der Waals surface area (Å²) in [4.78, 5) is 38.3. The van der Waals surface area contributed by atoms with Crippen molar-refractivity contribution in [3.63, 3.8) is 0 Å². The van der Waals surface area contributed by atoms with Gasteiger partial charge in [-0.1, -0.05) is 31.9 Å². The molecule has 29 heavy (non-hydrogen) atoms. The van der Waals surface area contributed by atoms with Crippen molar-refractivity contribution in [3.05, 3.63) is 53.3 Å². The van der Waals surface area contributed by atoms with Gasteiger partial charge >= 0.3 is 0 Å². The van der Waals surface area contributed by atoms with E-state index in [-0.39, 0.29) is 17.7 Å². The number of aromatic nitrogens is 2. The predicted molar refractivity (Wildman–Crippen MR) is 113 cm³/mol. The molecule has 1 aromatic heterocycles. The second-order valence-corrected chi connectivity index (χ2v) is 7.64. The Kier molecular flexibility index (Phi) is 7.04. The van der Waals surface area contributed by atoms with Gasteiger partial charge in [-0.15, -0.1) is 0 Å². The zero-order valence-corrected chi connectivity index (χ0v) is 17.5. The highest BCUT2D eigenvalue weighted by Gasteiger charge is 2.32. The van der Waals surface area contributed by atoms with Crippen LogP contribution in [0.5, 0.6) is 0 Å². The Morgan fingerprint density at radius 1 is 1.10 bits per heavy atom. The van der Waals surface area contributed by atoms with Gasteiger partial charge in [-0.3, -0.25) is 9.59 Å². The van der Waals surface area contributed by atoms with Crippen LogP contribution in [0.25, 0.3) is 0 Å². The normalized spacial score (nSPS) is 16.2. The van der Waals surface area contributed by atoms with Crippen molar-refractivity contribution in [1.29, 1.82) is 0 Å². The maximum Gasteiger partial charge on any atom is 0.251 e. The van der Waals surface area contributed by atoms with Crippen LogP contribution in [0.4, 0.5) is 5.95 Å². The van der Waals surface area contributed by atoms with Gasteiger partial charge in [0.1, 0.15) is 6.04 Å². The van der Waals surface area contributed by atoms with E-state index in [0.717, 1.165) is 6.42 Å². The Bertz CT molecular complexity index is 823. The molecule has 0 unspecified atom stereocenters. The van der Waals surface area contributed by atoms with Gasteiger partial charge in [0, 0.05) is 49.2 Å². The summed E-state index contributed by atoms with van der Waals surface area (Å²) in [6, 6.07) is 7.87. The monoisotopic (exact) mass is 415 g/mol. The summed E-state index contributed by atoms with van der Waals surface area (Å²) >= 11 is 5.90. The van der Waals surface area contributed by atoms with Crippen molar-refractivity contribution in [2.75, 3.05) is 31.1 Å². The fraction of sp³-hybridized carbons (Fsp3) is 0.429. The highest BCUT2D eigenvalue weighted by molar-refractivity contribution is 6.30. The third-order valence-corrected chi connectivity index (χ3v) is 5.55. The molecule has 154 valence electrons. The number of rotatable bonds is 6. The van der Waals surface area contributed by atoms with Crippen molar-refractivity contribution >= 4 is 29.4 Å². The fourth-order valence-electron chi connectivity index (χ4n) is 3.29. The van der Waals surface area contributed by atoms with Crippen LogP contribution in [0, 0.1) is 5.92 Å². The molecule has 0 bridgehead atoms. The molecule has 0 radical (unpaired) electrons. The van der Waals surface area contributed by atoms with Gasteiger partial charge in [-0.2, -0.15) is 0 Å². The average Bonchev–Trinajstić information content (AvgIpc) is 2.77. The average molecular weight is 416 g/mol. The largest absolute Gasteiger partial charge is 0.340 e. The summed E-state index contributed by atoms with van der Waals surface area (Å²) in [7, 11) is 0. The van der Waals surface area contributed by atoms with Gasteiger partial charge in [0.15, 0.2) is 0 Å². The quantitative estimate of drug-likeness (QED) is 0.784. The van der Waals surface area contributed by atoms with Gasteiger partial charge in [-0.05, 0) is 36.2 Å². The molecule has 1 aliphatic rings. The summed E-state index contributed by atoms with van der Waals surface area (Å²) in [5.41, 5.74) is 0.488. The molecule has 2 atom stereocenters. The van der Waals surface area contributed by atoms with E-state index in [4.69, 9.17) is 11.6 Å². The lowest BCUT2D eigenvalue weighted by molar-refractivity contribution is -0.134. The number of anilines is 1. The first-order chi connectivity index (χ1) is 14.0. The SMILES string of the molecule is CC[C@@H](C)[C@@H](NC(=O)c1ccc(Cl)cc1)C(=O)N1CCN(c2ncccn2)CC1. The molecule has 0 spiro atoms. The molecule has 8 heteroatoms. The van der Waals surface area contributed by atoms with E-state index < -0.39 is 6.04 Å². The summed E-state index contributed by atoms with van der Waals surface area (Å²) in [6.45, 7) is 6.47. The zero-order valence-electron chi connectivity index (χ0n) is 16.7. The van der Waals surface area contributed by atoms with E-state index in [1.54, 1.807) is 42.7 Å². The van der Waals surface area contributed by atoms with E-state index in [0.29, 0.717) is 42.7 Å². The summed E-state index contributed by atoms with van der Waals surface area (Å²) in [6.07, 6.45) is 4.21. The molecule has 2 aromatic rings. The molecule has 2 heterocycles. The molecule has 3 rings (SSSR count). The minimum atomic E-state index is -0.567. The Hall–Kier alpha value is -2.67. The summed E-state index contributed by atoms with van der Waals surface area (Å²) < 4.78 is 0. The molecule has 1 aliphatic heterocycles. The Morgan fingerprint density at radius 2 is 1.72 bits per heavy atom. The molecule has 0 aliphatic carbocycles. The lowest BCUT2D eigenvalue weighted by atomic mass is 9.97. The van der Waals surface area contributed by atoms with Crippen molar-refractivity contribution in [3.8, 4) is 0 Å². The topological polar surface area (TPSA) is 78.4 Å². The second-order valence-electron chi connectivity index (χ2n) is 7.20. The summed E-state index contributed by atoms with van der Waals surface area (Å²) in [5.74, 6) is 0.385. The van der Waals surface area contributed by atoms with Crippen molar-refractivity contribution in [1.82, 2.24) is 20.2 Å². The third kappa shape index (κ3) is 5.23. The number of hydrogen-bond acceptors (Lipinski definition) is 5. The maximum absolute atomic E-state index is 13.2. The van der Waals surface area contributed by atoms with Crippen molar-refractivity contribution in [2.24, 2.45) is 5.92 Å². The molecule has 7 nitrogen and oxygen atoms in total. The molecular formula is C21H26ClN5O2. The number of halogens is 1. The van der Waals surface area contributed by atoms with Crippen LogP contribution in [0.15, 0.2) is 42.7 Å². The minimum Gasteiger partial charge on any atom is -0.340 e.